The Bertz CT molecular complexity index is 969. The molecule has 4 nitrogen and oxygen atoms in total. The molecule has 0 aliphatic heterocycles. The highest BCUT2D eigenvalue weighted by Gasteiger charge is 2.58. The summed E-state index contributed by atoms with van der Waals surface area (Å²) in [5.74, 6) is 0.594. The Morgan fingerprint density at radius 2 is 1.75 bits per heavy atom. The maximum Gasteiger partial charge on any atom is 0.312 e. The number of ketones is 2. The second-order valence-electron chi connectivity index (χ2n) is 14.3. The van der Waals surface area contributed by atoms with Crippen LogP contribution in [0.4, 0.5) is 0 Å². The molecule has 0 amide bonds. The van der Waals surface area contributed by atoms with E-state index in [0.717, 1.165) is 50.5 Å². The molecule has 2 fully saturated rings. The first-order valence-corrected chi connectivity index (χ1v) is 14.0. The van der Waals surface area contributed by atoms with Crippen LogP contribution in [0, 0.1) is 44.8 Å². The predicted molar refractivity (Wildman–Crippen MR) is 145 cm³/mol. The summed E-state index contributed by atoms with van der Waals surface area (Å²) in [5, 5.41) is 0. The monoisotopic (exact) mass is 498 g/mol. The highest BCUT2D eigenvalue weighted by Crippen LogP contribution is 2.65. The molecule has 0 aromatic heterocycles. The van der Waals surface area contributed by atoms with Crippen LogP contribution in [0.1, 0.15) is 107 Å². The first kappa shape index (κ1) is 28.9. The van der Waals surface area contributed by atoms with Crippen molar-refractivity contribution in [3.63, 3.8) is 0 Å². The van der Waals surface area contributed by atoms with Crippen LogP contribution in [0.15, 0.2) is 23.8 Å². The Balaban J connectivity index is 2.00. The van der Waals surface area contributed by atoms with E-state index in [0.29, 0.717) is 0 Å². The molecule has 3 aliphatic carbocycles. The molecule has 0 bridgehead atoms. The second kappa shape index (κ2) is 9.55. The Morgan fingerprint density at radius 1 is 1.11 bits per heavy atom. The van der Waals surface area contributed by atoms with E-state index < -0.39 is 5.41 Å². The number of methoxy groups -OCH3 is 1. The first-order valence-electron chi connectivity index (χ1n) is 14.0. The number of esters is 1. The maximum atomic E-state index is 13.3. The molecule has 3 rings (SSSR count). The average Bonchev–Trinajstić information content (AvgIpc) is 2.78. The largest absolute Gasteiger partial charge is 0.469 e. The average molecular weight is 499 g/mol. The van der Waals surface area contributed by atoms with Crippen LogP contribution in [0.5, 0.6) is 0 Å². The zero-order chi connectivity index (χ0) is 27.3. The fraction of sp³-hybridized carbons (Fsp3) is 0.781. The third-order valence-corrected chi connectivity index (χ3v) is 11.2. The van der Waals surface area contributed by atoms with Crippen molar-refractivity contribution >= 4 is 17.5 Å². The summed E-state index contributed by atoms with van der Waals surface area (Å²) in [5.41, 5.74) is 0.214. The molecule has 36 heavy (non-hydrogen) atoms. The number of rotatable bonds is 6. The van der Waals surface area contributed by atoms with Crippen molar-refractivity contribution in [2.24, 2.45) is 44.8 Å². The van der Waals surface area contributed by atoms with Crippen molar-refractivity contribution in [2.75, 3.05) is 7.11 Å². The van der Waals surface area contributed by atoms with E-state index in [1.807, 2.05) is 13.0 Å². The molecule has 0 saturated heterocycles. The second-order valence-corrected chi connectivity index (χ2v) is 14.3. The molecule has 6 atom stereocenters. The van der Waals surface area contributed by atoms with Gasteiger partial charge in [0.2, 0.25) is 0 Å². The van der Waals surface area contributed by atoms with Gasteiger partial charge >= 0.3 is 5.97 Å². The van der Waals surface area contributed by atoms with Gasteiger partial charge < -0.3 is 4.74 Å². The van der Waals surface area contributed by atoms with E-state index in [9.17, 15) is 14.4 Å². The maximum absolute atomic E-state index is 13.3. The molecule has 0 heterocycles. The number of fused-ring (bicyclic) bond motifs is 1. The van der Waals surface area contributed by atoms with E-state index in [1.54, 1.807) is 13.0 Å². The normalized spacial score (nSPS) is 39.6. The van der Waals surface area contributed by atoms with Crippen LogP contribution in [-0.4, -0.2) is 24.6 Å². The minimum Gasteiger partial charge on any atom is -0.469 e. The van der Waals surface area contributed by atoms with Crippen LogP contribution in [0.3, 0.4) is 0 Å². The summed E-state index contributed by atoms with van der Waals surface area (Å²) >= 11 is 0. The van der Waals surface area contributed by atoms with Gasteiger partial charge in [-0.15, -0.1) is 0 Å². The number of ether oxygens (including phenoxy) is 1. The topological polar surface area (TPSA) is 60.4 Å². The molecular weight excluding hydrogens is 448 g/mol. The lowest BCUT2D eigenvalue weighted by molar-refractivity contribution is -0.162. The molecule has 0 radical (unpaired) electrons. The van der Waals surface area contributed by atoms with Gasteiger partial charge in [0.1, 0.15) is 0 Å². The van der Waals surface area contributed by atoms with Crippen LogP contribution in [0.25, 0.3) is 0 Å². The lowest BCUT2D eigenvalue weighted by atomic mass is 9.44. The lowest BCUT2D eigenvalue weighted by Gasteiger charge is -2.59. The minimum atomic E-state index is -0.463. The van der Waals surface area contributed by atoms with Crippen LogP contribution in [0.2, 0.25) is 0 Å². The van der Waals surface area contributed by atoms with Crippen molar-refractivity contribution in [1.29, 1.82) is 0 Å². The standard InChI is InChI=1S/C32H50O4/c1-21-20-28(4,5)15-17-32(21,27(35)36-10)18-16-29(6,7)31(9)14-11-24-23(3)25(34)12-13-30(24,8)26(31)19-22(2)33/h12-13,19,21,23-24H,11,14-18,20H2,1-10H3/b26-19-/t21?,23-,24-,30-,31+,32-/m0/s1. The van der Waals surface area contributed by atoms with Crippen molar-refractivity contribution in [3.8, 4) is 0 Å². The van der Waals surface area contributed by atoms with E-state index in [-0.39, 0.29) is 56.9 Å². The van der Waals surface area contributed by atoms with Gasteiger partial charge in [0.25, 0.3) is 0 Å². The fourth-order valence-electron chi connectivity index (χ4n) is 8.21. The summed E-state index contributed by atoms with van der Waals surface area (Å²) < 4.78 is 5.41. The molecule has 1 unspecified atom stereocenters. The van der Waals surface area contributed by atoms with Crippen molar-refractivity contribution in [1.82, 2.24) is 0 Å². The van der Waals surface area contributed by atoms with Gasteiger partial charge in [0.15, 0.2) is 11.6 Å². The Morgan fingerprint density at radius 3 is 2.31 bits per heavy atom. The molecule has 3 aliphatic rings. The van der Waals surface area contributed by atoms with E-state index in [2.05, 4.69) is 54.5 Å². The SMILES string of the molecule is COC(=O)[C@]1(CCC(C)(C)[C@]2(C)CC[C@H]3[C@H](C)C(=O)C=C[C@]3(C)/C2=C/C(C)=O)CCC(C)(C)CC1C. The van der Waals surface area contributed by atoms with Crippen LogP contribution < -0.4 is 0 Å². The molecule has 202 valence electrons. The van der Waals surface area contributed by atoms with Gasteiger partial charge in [-0.25, -0.2) is 0 Å². The number of carbonyl (C=O) groups excluding carboxylic acids is 3. The summed E-state index contributed by atoms with van der Waals surface area (Å²) in [4.78, 5) is 38.4. The highest BCUT2D eigenvalue weighted by molar-refractivity contribution is 5.94. The lowest BCUT2D eigenvalue weighted by Crippen LogP contribution is -2.52. The number of carbonyl (C=O) groups is 3. The van der Waals surface area contributed by atoms with Gasteiger partial charge in [0.05, 0.1) is 12.5 Å². The number of hydrogen-bond acceptors (Lipinski definition) is 4. The van der Waals surface area contributed by atoms with Crippen molar-refractivity contribution in [2.45, 2.75) is 107 Å². The molecule has 0 aromatic carbocycles. The predicted octanol–water partition coefficient (Wildman–Crippen LogP) is 7.51. The zero-order valence-electron chi connectivity index (χ0n) is 24.5. The van der Waals surface area contributed by atoms with Gasteiger partial charge in [0, 0.05) is 11.3 Å². The summed E-state index contributed by atoms with van der Waals surface area (Å²) in [6, 6.07) is 0. The molecule has 2 saturated carbocycles. The van der Waals surface area contributed by atoms with Gasteiger partial charge in [-0.3, -0.25) is 14.4 Å². The Kier molecular flexibility index (Phi) is 7.65. The molecule has 0 N–H and O–H groups in total. The summed E-state index contributed by atoms with van der Waals surface area (Å²) in [6.07, 6.45) is 12.1. The summed E-state index contributed by atoms with van der Waals surface area (Å²) in [7, 11) is 1.52. The third kappa shape index (κ3) is 4.67. The smallest absolute Gasteiger partial charge is 0.312 e. The van der Waals surface area contributed by atoms with Gasteiger partial charge in [-0.2, -0.15) is 0 Å². The molecule has 0 aromatic rings. The first-order chi connectivity index (χ1) is 16.5. The van der Waals surface area contributed by atoms with Gasteiger partial charge in [-0.1, -0.05) is 67.0 Å². The van der Waals surface area contributed by atoms with Crippen LogP contribution >= 0.6 is 0 Å². The van der Waals surface area contributed by atoms with Gasteiger partial charge in [-0.05, 0) is 92.1 Å². The minimum absolute atomic E-state index is 0.0444. The quantitative estimate of drug-likeness (QED) is 0.281. The molecule has 4 heteroatoms. The zero-order valence-corrected chi connectivity index (χ0v) is 24.5. The number of hydrogen-bond donors (Lipinski definition) is 0. The molecule has 0 spiro atoms. The van der Waals surface area contributed by atoms with E-state index in [4.69, 9.17) is 4.74 Å². The van der Waals surface area contributed by atoms with Crippen molar-refractivity contribution in [3.05, 3.63) is 23.8 Å². The summed E-state index contributed by atoms with van der Waals surface area (Å²) in [6.45, 7) is 19.7. The highest BCUT2D eigenvalue weighted by atomic mass is 16.5. The Labute approximate surface area is 219 Å². The van der Waals surface area contributed by atoms with Crippen LogP contribution in [-0.2, 0) is 19.1 Å². The fourth-order valence-corrected chi connectivity index (χ4v) is 8.21. The molecular formula is C32H50O4. The van der Waals surface area contributed by atoms with E-state index >= 15 is 0 Å². The Hall–Kier alpha value is -1.71. The van der Waals surface area contributed by atoms with Crippen molar-refractivity contribution < 1.29 is 19.1 Å². The number of allylic oxidation sites excluding steroid dienone is 4. The third-order valence-electron chi connectivity index (χ3n) is 11.2. The van der Waals surface area contributed by atoms with E-state index in [1.165, 1.54) is 7.11 Å².